The van der Waals surface area contributed by atoms with Crippen LogP contribution in [0.5, 0.6) is 0 Å². The molecule has 0 saturated carbocycles. The Hall–Kier alpha value is -1.91. The van der Waals surface area contributed by atoms with Crippen LogP contribution in [-0.2, 0) is 6.61 Å². The van der Waals surface area contributed by atoms with Crippen molar-refractivity contribution < 1.29 is 5.11 Å². The Morgan fingerprint density at radius 1 is 1.11 bits per heavy atom. The maximum atomic E-state index is 9.20. The molecule has 1 N–H and O–H groups in total. The molecular weight excluding hydrogens is 250 g/mol. The normalized spacial score (nSPS) is 11.0. The Kier molecular flexibility index (Phi) is 2.74. The molecule has 0 aliphatic rings. The number of aliphatic hydroxyl groups is 1. The van der Waals surface area contributed by atoms with Gasteiger partial charge in [0, 0.05) is 10.6 Å². The minimum absolute atomic E-state index is 0.0851. The van der Waals surface area contributed by atoms with E-state index in [9.17, 15) is 5.11 Å². The van der Waals surface area contributed by atoms with Crippen molar-refractivity contribution in [1.82, 2.24) is 14.6 Å². The van der Waals surface area contributed by atoms with Crippen molar-refractivity contribution in [2.45, 2.75) is 6.61 Å². The van der Waals surface area contributed by atoms with Crippen molar-refractivity contribution in [3.63, 3.8) is 0 Å². The van der Waals surface area contributed by atoms with Gasteiger partial charge in [-0.05, 0) is 24.3 Å². The summed E-state index contributed by atoms with van der Waals surface area (Å²) in [4.78, 5) is 4.16. The summed E-state index contributed by atoms with van der Waals surface area (Å²) in [7, 11) is 0. The molecule has 0 amide bonds. The third-order valence-corrected chi connectivity index (χ3v) is 2.99. The van der Waals surface area contributed by atoms with Crippen molar-refractivity contribution in [2.24, 2.45) is 0 Å². The summed E-state index contributed by atoms with van der Waals surface area (Å²) in [5, 5.41) is 14.4. The zero-order chi connectivity index (χ0) is 12.5. The summed E-state index contributed by atoms with van der Waals surface area (Å²) in [6, 6.07) is 11.2. The molecule has 0 spiro atoms. The van der Waals surface area contributed by atoms with Crippen LogP contribution in [0, 0.1) is 0 Å². The van der Waals surface area contributed by atoms with E-state index in [-0.39, 0.29) is 6.61 Å². The second-order valence-corrected chi connectivity index (χ2v) is 4.34. The molecular formula is C13H10ClN3O. The number of imidazole rings is 1. The van der Waals surface area contributed by atoms with E-state index in [1.54, 1.807) is 10.7 Å². The van der Waals surface area contributed by atoms with E-state index < -0.39 is 0 Å². The molecule has 1 aromatic carbocycles. The monoisotopic (exact) mass is 259 g/mol. The molecule has 18 heavy (non-hydrogen) atoms. The van der Waals surface area contributed by atoms with Gasteiger partial charge in [0.15, 0.2) is 5.65 Å². The smallest absolute Gasteiger partial charge is 0.153 e. The highest BCUT2D eigenvalue weighted by molar-refractivity contribution is 6.30. The molecule has 0 aliphatic carbocycles. The molecule has 0 saturated heterocycles. The summed E-state index contributed by atoms with van der Waals surface area (Å²) in [6.45, 7) is -0.0851. The maximum Gasteiger partial charge on any atom is 0.153 e. The van der Waals surface area contributed by atoms with Crippen LogP contribution in [0.4, 0.5) is 0 Å². The summed E-state index contributed by atoms with van der Waals surface area (Å²) < 4.78 is 1.64. The summed E-state index contributed by atoms with van der Waals surface area (Å²) >= 11 is 5.86. The van der Waals surface area contributed by atoms with Crippen LogP contribution in [0.25, 0.3) is 16.9 Å². The fourth-order valence-electron chi connectivity index (χ4n) is 1.80. The van der Waals surface area contributed by atoms with E-state index in [0.717, 1.165) is 16.9 Å². The Morgan fingerprint density at radius 2 is 1.89 bits per heavy atom. The average molecular weight is 260 g/mol. The number of aliphatic hydroxyl groups excluding tert-OH is 1. The molecule has 0 fully saturated rings. The minimum atomic E-state index is -0.0851. The van der Waals surface area contributed by atoms with E-state index in [0.29, 0.717) is 10.7 Å². The molecule has 0 atom stereocenters. The van der Waals surface area contributed by atoms with Crippen molar-refractivity contribution in [1.29, 1.82) is 0 Å². The van der Waals surface area contributed by atoms with Crippen LogP contribution in [-0.4, -0.2) is 19.7 Å². The number of nitrogens with zero attached hydrogens (tertiary/aromatic N) is 3. The largest absolute Gasteiger partial charge is 0.390 e. The number of benzene rings is 1. The van der Waals surface area contributed by atoms with Gasteiger partial charge in [0.05, 0.1) is 24.2 Å². The molecule has 2 aromatic heterocycles. The predicted molar refractivity (Wildman–Crippen MR) is 69.4 cm³/mol. The molecule has 0 bridgehead atoms. The minimum Gasteiger partial charge on any atom is -0.390 e. The van der Waals surface area contributed by atoms with Crippen molar-refractivity contribution in [3.8, 4) is 11.3 Å². The van der Waals surface area contributed by atoms with E-state index in [2.05, 4.69) is 10.1 Å². The second kappa shape index (κ2) is 4.40. The molecule has 4 nitrogen and oxygen atoms in total. The lowest BCUT2D eigenvalue weighted by molar-refractivity contribution is 0.274. The fraction of sp³-hybridized carbons (Fsp3) is 0.0769. The van der Waals surface area contributed by atoms with E-state index in [1.165, 1.54) is 0 Å². The third kappa shape index (κ3) is 1.85. The number of rotatable bonds is 2. The zero-order valence-corrected chi connectivity index (χ0v) is 10.2. The lowest BCUT2D eigenvalue weighted by Gasteiger charge is -2.03. The quantitative estimate of drug-likeness (QED) is 0.769. The van der Waals surface area contributed by atoms with Gasteiger partial charge in [0.2, 0.25) is 0 Å². The molecule has 0 unspecified atom stereocenters. The first-order valence-electron chi connectivity index (χ1n) is 5.48. The van der Waals surface area contributed by atoms with Gasteiger partial charge in [0.25, 0.3) is 0 Å². The molecule has 3 rings (SSSR count). The summed E-state index contributed by atoms with van der Waals surface area (Å²) in [5.74, 6) is 0. The van der Waals surface area contributed by atoms with Crippen molar-refractivity contribution in [2.75, 3.05) is 0 Å². The van der Waals surface area contributed by atoms with Gasteiger partial charge in [0.1, 0.15) is 0 Å². The highest BCUT2D eigenvalue weighted by atomic mass is 35.5. The van der Waals surface area contributed by atoms with Crippen LogP contribution >= 0.6 is 11.6 Å². The van der Waals surface area contributed by atoms with E-state index >= 15 is 0 Å². The Morgan fingerprint density at radius 3 is 2.61 bits per heavy atom. The second-order valence-electron chi connectivity index (χ2n) is 3.90. The SMILES string of the molecule is OCc1cnc2ccc(-c3ccc(Cl)cc3)nn12. The van der Waals surface area contributed by atoms with Gasteiger partial charge in [-0.3, -0.25) is 0 Å². The van der Waals surface area contributed by atoms with Gasteiger partial charge in [-0.25, -0.2) is 9.50 Å². The maximum absolute atomic E-state index is 9.20. The van der Waals surface area contributed by atoms with Gasteiger partial charge in [-0.1, -0.05) is 23.7 Å². The standard InChI is InChI=1S/C13H10ClN3O/c14-10-3-1-9(2-4-10)12-5-6-13-15-7-11(8-18)17(13)16-12/h1-7,18H,8H2. The molecule has 3 aromatic rings. The highest BCUT2D eigenvalue weighted by Gasteiger charge is 2.06. The predicted octanol–water partition coefficient (Wildman–Crippen LogP) is 2.54. The van der Waals surface area contributed by atoms with Crippen LogP contribution in [0.15, 0.2) is 42.6 Å². The summed E-state index contributed by atoms with van der Waals surface area (Å²) in [5.41, 5.74) is 3.17. The van der Waals surface area contributed by atoms with E-state index in [4.69, 9.17) is 11.6 Å². The number of hydrogen-bond donors (Lipinski definition) is 1. The Balaban J connectivity index is 2.14. The first-order valence-corrected chi connectivity index (χ1v) is 5.86. The average Bonchev–Trinajstić information content (AvgIpc) is 2.81. The Bertz CT molecular complexity index is 691. The van der Waals surface area contributed by atoms with Crippen molar-refractivity contribution in [3.05, 3.63) is 53.3 Å². The third-order valence-electron chi connectivity index (χ3n) is 2.73. The van der Waals surface area contributed by atoms with E-state index in [1.807, 2.05) is 36.4 Å². The molecule has 0 aliphatic heterocycles. The molecule has 90 valence electrons. The molecule has 2 heterocycles. The lowest BCUT2D eigenvalue weighted by Crippen LogP contribution is -1.98. The van der Waals surface area contributed by atoms with Crippen LogP contribution < -0.4 is 0 Å². The topological polar surface area (TPSA) is 50.4 Å². The Labute approximate surface area is 108 Å². The molecule has 0 radical (unpaired) electrons. The zero-order valence-electron chi connectivity index (χ0n) is 9.42. The number of hydrogen-bond acceptors (Lipinski definition) is 3. The van der Waals surface area contributed by atoms with Crippen LogP contribution in [0.1, 0.15) is 5.69 Å². The first-order chi connectivity index (χ1) is 8.78. The molecule has 5 heteroatoms. The highest BCUT2D eigenvalue weighted by Crippen LogP contribution is 2.20. The number of fused-ring (bicyclic) bond motifs is 1. The van der Waals surface area contributed by atoms with Crippen LogP contribution in [0.3, 0.4) is 0 Å². The van der Waals surface area contributed by atoms with Gasteiger partial charge in [-0.15, -0.1) is 0 Å². The number of halogens is 1. The van der Waals surface area contributed by atoms with Crippen LogP contribution in [0.2, 0.25) is 5.02 Å². The fourth-order valence-corrected chi connectivity index (χ4v) is 1.93. The van der Waals surface area contributed by atoms with Gasteiger partial charge in [-0.2, -0.15) is 5.10 Å². The first kappa shape index (κ1) is 11.2. The lowest BCUT2D eigenvalue weighted by atomic mass is 10.1. The van der Waals surface area contributed by atoms with Crippen molar-refractivity contribution >= 4 is 17.2 Å². The number of aromatic nitrogens is 3. The van der Waals surface area contributed by atoms with Gasteiger partial charge < -0.3 is 5.11 Å². The summed E-state index contributed by atoms with van der Waals surface area (Å²) in [6.07, 6.45) is 1.62. The van der Waals surface area contributed by atoms with Gasteiger partial charge >= 0.3 is 0 Å².